The topological polar surface area (TPSA) is 83.8 Å². The van der Waals surface area contributed by atoms with Gasteiger partial charge in [0.2, 0.25) is 5.91 Å². The first kappa shape index (κ1) is 15.7. The standard InChI is InChI=1S/C17H14F2N4O/c18-12-5-11(6-13(19)8-12)9-21-16(24)4-2-10-1-3-15-14(7-10)17(20)23-22-15/h1-8H,9H2,(H,21,24)(H3,20,22,23). The van der Waals surface area contributed by atoms with Gasteiger partial charge >= 0.3 is 0 Å². The quantitative estimate of drug-likeness (QED) is 0.644. The van der Waals surface area contributed by atoms with Gasteiger partial charge in [0.15, 0.2) is 5.82 Å². The molecule has 0 unspecified atom stereocenters. The molecule has 4 N–H and O–H groups in total. The van der Waals surface area contributed by atoms with Gasteiger partial charge in [-0.1, -0.05) is 6.07 Å². The molecule has 0 atom stereocenters. The van der Waals surface area contributed by atoms with Gasteiger partial charge in [0.05, 0.1) is 5.52 Å². The molecule has 2 aromatic carbocycles. The second kappa shape index (κ2) is 6.49. The van der Waals surface area contributed by atoms with Crippen LogP contribution in [0.3, 0.4) is 0 Å². The smallest absolute Gasteiger partial charge is 0.244 e. The number of anilines is 1. The van der Waals surface area contributed by atoms with Crippen LogP contribution in [-0.2, 0) is 11.3 Å². The van der Waals surface area contributed by atoms with Crippen molar-refractivity contribution in [2.24, 2.45) is 0 Å². The van der Waals surface area contributed by atoms with E-state index in [0.717, 1.165) is 22.5 Å². The summed E-state index contributed by atoms with van der Waals surface area (Å²) in [5.41, 5.74) is 7.67. The van der Waals surface area contributed by atoms with Crippen LogP contribution in [0.15, 0.2) is 42.5 Å². The summed E-state index contributed by atoms with van der Waals surface area (Å²) in [6, 6.07) is 8.55. The highest BCUT2D eigenvalue weighted by atomic mass is 19.1. The van der Waals surface area contributed by atoms with Crippen molar-refractivity contribution in [2.75, 3.05) is 5.73 Å². The minimum atomic E-state index is -0.680. The zero-order chi connectivity index (χ0) is 17.1. The van der Waals surface area contributed by atoms with Crippen molar-refractivity contribution in [3.63, 3.8) is 0 Å². The number of halogens is 2. The van der Waals surface area contributed by atoms with E-state index in [0.29, 0.717) is 11.4 Å². The average Bonchev–Trinajstić information content (AvgIpc) is 2.91. The highest BCUT2D eigenvalue weighted by molar-refractivity contribution is 5.94. The maximum Gasteiger partial charge on any atom is 0.244 e. The lowest BCUT2D eigenvalue weighted by atomic mass is 10.1. The number of carbonyl (C=O) groups is 1. The molecule has 1 amide bonds. The van der Waals surface area contributed by atoms with Gasteiger partial charge in [-0.15, -0.1) is 0 Å². The number of nitrogens with zero attached hydrogens (tertiary/aromatic N) is 1. The van der Waals surface area contributed by atoms with E-state index >= 15 is 0 Å². The molecule has 1 heterocycles. The van der Waals surface area contributed by atoms with Crippen molar-refractivity contribution in [3.8, 4) is 0 Å². The fourth-order valence-corrected chi connectivity index (χ4v) is 2.29. The van der Waals surface area contributed by atoms with Crippen LogP contribution in [0.1, 0.15) is 11.1 Å². The number of fused-ring (bicyclic) bond motifs is 1. The van der Waals surface area contributed by atoms with Gasteiger partial charge in [0, 0.05) is 24.1 Å². The molecule has 0 bridgehead atoms. The van der Waals surface area contributed by atoms with E-state index in [2.05, 4.69) is 15.5 Å². The number of aromatic nitrogens is 2. The molecule has 5 nitrogen and oxygen atoms in total. The number of nitrogens with one attached hydrogen (secondary N) is 2. The van der Waals surface area contributed by atoms with Crippen LogP contribution >= 0.6 is 0 Å². The van der Waals surface area contributed by atoms with Gasteiger partial charge in [-0.05, 0) is 41.5 Å². The normalized spacial score (nSPS) is 11.2. The molecule has 0 saturated heterocycles. The van der Waals surface area contributed by atoms with E-state index in [-0.39, 0.29) is 12.5 Å². The molecule has 0 aliphatic rings. The molecule has 0 aliphatic carbocycles. The Hall–Kier alpha value is -3.22. The lowest BCUT2D eigenvalue weighted by Crippen LogP contribution is -2.20. The Balaban J connectivity index is 1.64. The van der Waals surface area contributed by atoms with Crippen LogP contribution in [0, 0.1) is 11.6 Å². The molecule has 0 fully saturated rings. The Morgan fingerprint density at radius 2 is 1.96 bits per heavy atom. The summed E-state index contributed by atoms with van der Waals surface area (Å²) in [5.74, 6) is -1.35. The fourth-order valence-electron chi connectivity index (χ4n) is 2.29. The van der Waals surface area contributed by atoms with Crippen molar-refractivity contribution in [1.82, 2.24) is 15.5 Å². The predicted octanol–water partition coefficient (Wildman–Crippen LogP) is 2.75. The zero-order valence-corrected chi connectivity index (χ0v) is 12.5. The van der Waals surface area contributed by atoms with Crippen molar-refractivity contribution in [3.05, 3.63) is 65.2 Å². The number of hydrogen-bond donors (Lipinski definition) is 3. The number of benzene rings is 2. The van der Waals surface area contributed by atoms with Gasteiger partial charge in [-0.3, -0.25) is 9.89 Å². The minimum Gasteiger partial charge on any atom is -0.382 e. The molecule has 3 aromatic rings. The summed E-state index contributed by atoms with van der Waals surface area (Å²) in [4.78, 5) is 11.8. The van der Waals surface area contributed by atoms with Gasteiger partial charge in [-0.2, -0.15) is 5.10 Å². The molecule has 0 spiro atoms. The average molecular weight is 328 g/mol. The Kier molecular flexibility index (Phi) is 4.24. The molecule has 1 aromatic heterocycles. The molecule has 24 heavy (non-hydrogen) atoms. The second-order valence-corrected chi connectivity index (χ2v) is 5.24. The van der Waals surface area contributed by atoms with Crippen LogP contribution in [0.5, 0.6) is 0 Å². The number of nitrogen functional groups attached to an aromatic ring is 1. The summed E-state index contributed by atoms with van der Waals surface area (Å²) >= 11 is 0. The molecule has 0 aliphatic heterocycles. The fraction of sp³-hybridized carbons (Fsp3) is 0.0588. The van der Waals surface area contributed by atoms with Crippen LogP contribution in [0.25, 0.3) is 17.0 Å². The van der Waals surface area contributed by atoms with E-state index in [4.69, 9.17) is 5.73 Å². The lowest BCUT2D eigenvalue weighted by molar-refractivity contribution is -0.116. The maximum absolute atomic E-state index is 13.1. The lowest BCUT2D eigenvalue weighted by Gasteiger charge is -2.03. The van der Waals surface area contributed by atoms with E-state index in [1.165, 1.54) is 18.2 Å². The van der Waals surface area contributed by atoms with Crippen LogP contribution in [0.2, 0.25) is 0 Å². The first-order valence-electron chi connectivity index (χ1n) is 7.16. The second-order valence-electron chi connectivity index (χ2n) is 5.24. The predicted molar refractivity (Wildman–Crippen MR) is 87.7 cm³/mol. The molecule has 0 saturated carbocycles. The first-order valence-corrected chi connectivity index (χ1v) is 7.16. The molecule has 122 valence electrons. The summed E-state index contributed by atoms with van der Waals surface area (Å²) in [5, 5.41) is 10.0. The van der Waals surface area contributed by atoms with E-state index in [1.807, 2.05) is 12.1 Å². The van der Waals surface area contributed by atoms with Gasteiger partial charge in [-0.25, -0.2) is 8.78 Å². The highest BCUT2D eigenvalue weighted by Gasteiger charge is 2.03. The Labute approximate surface area is 136 Å². The van der Waals surface area contributed by atoms with Crippen LogP contribution < -0.4 is 11.1 Å². The number of hydrogen-bond acceptors (Lipinski definition) is 3. The Bertz CT molecular complexity index is 913. The summed E-state index contributed by atoms with van der Waals surface area (Å²) in [6.45, 7) is 0.0333. The SMILES string of the molecule is Nc1n[nH]c2ccc(C=CC(=O)NCc3cc(F)cc(F)c3)cc12. The Morgan fingerprint density at radius 3 is 2.71 bits per heavy atom. The van der Waals surface area contributed by atoms with E-state index in [1.54, 1.807) is 12.1 Å². The summed E-state index contributed by atoms with van der Waals surface area (Å²) < 4.78 is 26.1. The number of H-pyrrole nitrogens is 1. The molecular weight excluding hydrogens is 314 g/mol. The third-order valence-corrected chi connectivity index (χ3v) is 3.43. The Morgan fingerprint density at radius 1 is 1.21 bits per heavy atom. The number of rotatable bonds is 4. The van der Waals surface area contributed by atoms with Gasteiger partial charge < -0.3 is 11.1 Å². The third kappa shape index (κ3) is 3.57. The zero-order valence-electron chi connectivity index (χ0n) is 12.5. The van der Waals surface area contributed by atoms with E-state index < -0.39 is 11.6 Å². The number of aromatic amines is 1. The largest absolute Gasteiger partial charge is 0.382 e. The molecule has 3 rings (SSSR count). The number of carbonyl (C=O) groups excluding carboxylic acids is 1. The molecular formula is C17H14F2N4O. The molecule has 7 heteroatoms. The monoisotopic (exact) mass is 328 g/mol. The first-order chi connectivity index (χ1) is 11.5. The van der Waals surface area contributed by atoms with Crippen molar-refractivity contribution < 1.29 is 13.6 Å². The third-order valence-electron chi connectivity index (χ3n) is 3.43. The number of amides is 1. The molecule has 0 radical (unpaired) electrons. The summed E-state index contributed by atoms with van der Waals surface area (Å²) in [6.07, 6.45) is 2.96. The van der Waals surface area contributed by atoms with Crippen molar-refractivity contribution >= 4 is 28.7 Å². The minimum absolute atomic E-state index is 0.0333. The van der Waals surface area contributed by atoms with Crippen LogP contribution in [0.4, 0.5) is 14.6 Å². The van der Waals surface area contributed by atoms with Gasteiger partial charge in [0.1, 0.15) is 11.6 Å². The maximum atomic E-state index is 13.1. The highest BCUT2D eigenvalue weighted by Crippen LogP contribution is 2.19. The summed E-state index contributed by atoms with van der Waals surface area (Å²) in [7, 11) is 0. The van der Waals surface area contributed by atoms with Crippen molar-refractivity contribution in [2.45, 2.75) is 6.54 Å². The van der Waals surface area contributed by atoms with Crippen molar-refractivity contribution in [1.29, 1.82) is 0 Å². The van der Waals surface area contributed by atoms with Crippen LogP contribution in [-0.4, -0.2) is 16.1 Å². The van der Waals surface area contributed by atoms with E-state index in [9.17, 15) is 13.6 Å². The number of nitrogens with two attached hydrogens (primary N) is 1. The van der Waals surface area contributed by atoms with Gasteiger partial charge in [0.25, 0.3) is 0 Å².